The van der Waals surface area contributed by atoms with Crippen LogP contribution in [0.3, 0.4) is 0 Å². The van der Waals surface area contributed by atoms with Gasteiger partial charge >= 0.3 is 0 Å². The summed E-state index contributed by atoms with van der Waals surface area (Å²) in [5, 5.41) is 3.88. The average Bonchev–Trinajstić information content (AvgIpc) is 2.49. The molecule has 1 heterocycles. The number of carbonyl (C=O) groups is 1. The summed E-state index contributed by atoms with van der Waals surface area (Å²) in [5.74, 6) is 0.325. The number of aromatic nitrogens is 1. The molecule has 22 heavy (non-hydrogen) atoms. The lowest BCUT2D eigenvalue weighted by molar-refractivity contribution is 0.0912. The minimum atomic E-state index is -0.253. The summed E-state index contributed by atoms with van der Waals surface area (Å²) in [6.45, 7) is 2.18. The van der Waals surface area contributed by atoms with Gasteiger partial charge in [0, 0.05) is 27.5 Å². The zero-order valence-electron chi connectivity index (χ0n) is 12.5. The zero-order chi connectivity index (χ0) is 15.7. The second-order valence-corrected chi connectivity index (χ2v) is 6.99. The number of pyridine rings is 1. The monoisotopic (exact) mass is 362 g/mol. The molecular formula is C17H19BrN2O2. The number of benzene rings is 1. The Balaban J connectivity index is 1.96. The lowest BCUT2D eigenvalue weighted by atomic mass is 9.86. The Morgan fingerprint density at radius 2 is 2.05 bits per heavy atom. The van der Waals surface area contributed by atoms with E-state index in [1.165, 1.54) is 12.5 Å². The molecule has 116 valence electrons. The second kappa shape index (κ2) is 6.24. The number of aromatic amines is 1. The largest absolute Gasteiger partial charge is 0.349 e. The van der Waals surface area contributed by atoms with Gasteiger partial charge in [-0.25, -0.2) is 0 Å². The van der Waals surface area contributed by atoms with Gasteiger partial charge in [0.1, 0.15) is 0 Å². The van der Waals surface area contributed by atoms with E-state index in [-0.39, 0.29) is 17.5 Å². The van der Waals surface area contributed by atoms with Gasteiger partial charge in [-0.1, -0.05) is 35.7 Å². The number of H-pyrrole nitrogens is 1. The van der Waals surface area contributed by atoms with Crippen molar-refractivity contribution in [3.8, 4) is 0 Å². The molecule has 2 N–H and O–H groups in total. The molecular weight excluding hydrogens is 344 g/mol. The summed E-state index contributed by atoms with van der Waals surface area (Å²) < 4.78 is 0.882. The van der Waals surface area contributed by atoms with E-state index in [0.29, 0.717) is 17.0 Å². The van der Waals surface area contributed by atoms with Gasteiger partial charge in [-0.3, -0.25) is 9.59 Å². The van der Waals surface area contributed by atoms with E-state index in [0.717, 1.165) is 29.1 Å². The third kappa shape index (κ3) is 3.09. The molecule has 0 aliphatic heterocycles. The van der Waals surface area contributed by atoms with Crippen LogP contribution in [-0.4, -0.2) is 16.9 Å². The topological polar surface area (TPSA) is 62.0 Å². The normalized spacial score (nSPS) is 21.7. The maximum absolute atomic E-state index is 12.7. The van der Waals surface area contributed by atoms with E-state index >= 15 is 0 Å². The highest BCUT2D eigenvalue weighted by atomic mass is 79.9. The van der Waals surface area contributed by atoms with Crippen molar-refractivity contribution in [3.05, 3.63) is 44.7 Å². The molecule has 1 saturated carbocycles. The number of amides is 1. The lowest BCUT2D eigenvalue weighted by Crippen LogP contribution is -2.41. The van der Waals surface area contributed by atoms with Crippen molar-refractivity contribution in [2.24, 2.45) is 5.92 Å². The van der Waals surface area contributed by atoms with Gasteiger partial charge in [-0.05, 0) is 37.0 Å². The first-order valence-electron chi connectivity index (χ1n) is 7.68. The molecule has 1 aliphatic carbocycles. The molecule has 2 unspecified atom stereocenters. The molecule has 2 atom stereocenters. The average molecular weight is 363 g/mol. The second-order valence-electron chi connectivity index (χ2n) is 6.08. The van der Waals surface area contributed by atoms with Crippen LogP contribution in [0.1, 0.15) is 43.0 Å². The molecule has 3 rings (SSSR count). The Hall–Kier alpha value is -1.62. The fourth-order valence-corrected chi connectivity index (χ4v) is 3.55. The molecule has 5 heteroatoms. The van der Waals surface area contributed by atoms with Gasteiger partial charge in [0.05, 0.1) is 5.56 Å². The van der Waals surface area contributed by atoms with Crippen LogP contribution in [0.25, 0.3) is 10.9 Å². The Labute approximate surface area is 137 Å². The highest BCUT2D eigenvalue weighted by Crippen LogP contribution is 2.25. The molecule has 1 aromatic heterocycles. The lowest BCUT2D eigenvalue weighted by Gasteiger charge is -2.29. The van der Waals surface area contributed by atoms with Crippen molar-refractivity contribution in [1.29, 1.82) is 0 Å². The van der Waals surface area contributed by atoms with E-state index in [4.69, 9.17) is 0 Å². The van der Waals surface area contributed by atoms with Crippen molar-refractivity contribution < 1.29 is 4.79 Å². The number of nitrogens with one attached hydrogen (secondary N) is 2. The number of fused-ring (bicyclic) bond motifs is 1. The van der Waals surface area contributed by atoms with Gasteiger partial charge < -0.3 is 10.3 Å². The van der Waals surface area contributed by atoms with Crippen LogP contribution in [0.4, 0.5) is 0 Å². The number of rotatable bonds is 2. The standard InChI is InChI=1S/C17H19BrN2O2/c1-10-4-2-3-5-14(10)20-17(22)13-9-16(21)19-15-7-6-11(18)8-12(13)15/h6-10,14H,2-5H2,1H3,(H,19,21)(H,20,22). The number of halogens is 1. The van der Waals surface area contributed by atoms with Crippen LogP contribution in [0.2, 0.25) is 0 Å². The molecule has 0 spiro atoms. The van der Waals surface area contributed by atoms with Crippen LogP contribution in [0.5, 0.6) is 0 Å². The summed E-state index contributed by atoms with van der Waals surface area (Å²) in [5.41, 5.74) is 0.868. The van der Waals surface area contributed by atoms with Gasteiger partial charge in [-0.2, -0.15) is 0 Å². The number of hydrogen-bond acceptors (Lipinski definition) is 2. The predicted octanol–water partition coefficient (Wildman–Crippen LogP) is 3.60. The molecule has 1 aromatic carbocycles. The van der Waals surface area contributed by atoms with Crippen molar-refractivity contribution in [3.63, 3.8) is 0 Å². The van der Waals surface area contributed by atoms with Crippen LogP contribution >= 0.6 is 15.9 Å². The first-order valence-corrected chi connectivity index (χ1v) is 8.47. The summed E-state index contributed by atoms with van der Waals surface area (Å²) in [4.78, 5) is 27.2. The third-order valence-corrected chi connectivity index (χ3v) is 4.97. The highest BCUT2D eigenvalue weighted by Gasteiger charge is 2.24. The summed E-state index contributed by atoms with van der Waals surface area (Å²) >= 11 is 3.42. The molecule has 4 nitrogen and oxygen atoms in total. The molecule has 1 amide bonds. The van der Waals surface area contributed by atoms with Crippen molar-refractivity contribution in [2.45, 2.75) is 38.6 Å². The van der Waals surface area contributed by atoms with Gasteiger partial charge in [0.2, 0.25) is 5.56 Å². The molecule has 1 aliphatic rings. The quantitative estimate of drug-likeness (QED) is 0.857. The van der Waals surface area contributed by atoms with Crippen LogP contribution in [0.15, 0.2) is 33.5 Å². The fourth-order valence-electron chi connectivity index (χ4n) is 3.19. The highest BCUT2D eigenvalue weighted by molar-refractivity contribution is 9.10. The van der Waals surface area contributed by atoms with Crippen LogP contribution in [0, 0.1) is 5.92 Å². The molecule has 0 saturated heterocycles. The zero-order valence-corrected chi connectivity index (χ0v) is 14.1. The third-order valence-electron chi connectivity index (χ3n) is 4.48. The van der Waals surface area contributed by atoms with Gasteiger partial charge in [0.25, 0.3) is 5.91 Å². The van der Waals surface area contributed by atoms with Crippen molar-refractivity contribution in [1.82, 2.24) is 10.3 Å². The molecule has 0 bridgehead atoms. The van der Waals surface area contributed by atoms with E-state index in [2.05, 4.69) is 33.2 Å². The van der Waals surface area contributed by atoms with E-state index < -0.39 is 0 Å². The molecule has 1 fully saturated rings. The summed E-state index contributed by atoms with van der Waals surface area (Å²) in [6, 6.07) is 7.11. The Morgan fingerprint density at radius 3 is 2.82 bits per heavy atom. The predicted molar refractivity (Wildman–Crippen MR) is 91.2 cm³/mol. The Bertz CT molecular complexity index is 769. The van der Waals surface area contributed by atoms with Crippen LogP contribution < -0.4 is 10.9 Å². The first kappa shape index (κ1) is 15.3. The summed E-state index contributed by atoms with van der Waals surface area (Å²) in [7, 11) is 0. The Morgan fingerprint density at radius 1 is 1.27 bits per heavy atom. The van der Waals surface area contributed by atoms with Gasteiger partial charge in [-0.15, -0.1) is 0 Å². The van der Waals surface area contributed by atoms with Crippen molar-refractivity contribution in [2.75, 3.05) is 0 Å². The smallest absolute Gasteiger partial charge is 0.252 e. The molecule has 2 aromatic rings. The van der Waals surface area contributed by atoms with Crippen LogP contribution in [-0.2, 0) is 0 Å². The fraction of sp³-hybridized carbons (Fsp3) is 0.412. The molecule has 0 radical (unpaired) electrons. The van der Waals surface area contributed by atoms with Crippen molar-refractivity contribution >= 4 is 32.7 Å². The number of carbonyl (C=O) groups excluding carboxylic acids is 1. The van der Waals surface area contributed by atoms with E-state index in [1.54, 1.807) is 6.07 Å². The van der Waals surface area contributed by atoms with E-state index in [9.17, 15) is 9.59 Å². The van der Waals surface area contributed by atoms with Gasteiger partial charge in [0.15, 0.2) is 0 Å². The summed E-state index contributed by atoms with van der Waals surface area (Å²) in [6.07, 6.45) is 4.54. The first-order chi connectivity index (χ1) is 10.5. The maximum atomic E-state index is 12.7. The minimum Gasteiger partial charge on any atom is -0.349 e. The Kier molecular flexibility index (Phi) is 4.34. The number of hydrogen-bond donors (Lipinski definition) is 2. The van der Waals surface area contributed by atoms with E-state index in [1.807, 2.05) is 12.1 Å². The minimum absolute atomic E-state index is 0.159. The SMILES string of the molecule is CC1CCCCC1NC(=O)c1cc(=O)[nH]c2ccc(Br)cc12. The maximum Gasteiger partial charge on any atom is 0.252 e.